The molecule has 3 aromatic carbocycles. The third-order valence-electron chi connectivity index (χ3n) is 8.50. The fraction of sp³-hybridized carbons (Fsp3) is 0.344. The Hall–Kier alpha value is -3.33. The maximum absolute atomic E-state index is 13.3. The van der Waals surface area contributed by atoms with Crippen molar-refractivity contribution in [3.05, 3.63) is 92.2 Å². The third kappa shape index (κ3) is 3.28. The van der Waals surface area contributed by atoms with Crippen LogP contribution in [0.1, 0.15) is 62.1 Å². The van der Waals surface area contributed by atoms with Crippen molar-refractivity contribution in [1.29, 1.82) is 0 Å². The Morgan fingerprint density at radius 2 is 1.71 bits per heavy atom. The van der Waals surface area contributed by atoms with E-state index in [-0.39, 0.29) is 11.9 Å². The number of anilines is 1. The standard InChI is InChI=1S/C32H31NO2/c1-20-32(34)33(23-9-3-4-10-23)30-18-22(15-17-31(30)35-20)28-19-29-24-11-5-2-8-21(24)14-16-27(29)25-12-6-7-13-26(25)28/h6-8,12-18,20,23H,2-5,9-11,19H2,1H3. The van der Waals surface area contributed by atoms with Crippen molar-refractivity contribution in [1.82, 2.24) is 0 Å². The fourth-order valence-electron chi connectivity index (χ4n) is 6.79. The first-order valence-corrected chi connectivity index (χ1v) is 13.3. The third-order valence-corrected chi connectivity index (χ3v) is 8.50. The molecule has 0 saturated heterocycles. The minimum absolute atomic E-state index is 0.102. The van der Waals surface area contributed by atoms with Gasteiger partial charge < -0.3 is 9.64 Å². The first-order chi connectivity index (χ1) is 17.2. The quantitative estimate of drug-likeness (QED) is 0.543. The molecular weight excluding hydrogens is 430 g/mol. The van der Waals surface area contributed by atoms with Gasteiger partial charge in [-0.2, -0.15) is 0 Å². The van der Waals surface area contributed by atoms with Crippen molar-refractivity contribution >= 4 is 23.2 Å². The van der Waals surface area contributed by atoms with E-state index < -0.39 is 6.10 Å². The summed E-state index contributed by atoms with van der Waals surface area (Å²) in [6, 6.07) is 20.3. The predicted molar refractivity (Wildman–Crippen MR) is 140 cm³/mol. The molecule has 3 aliphatic carbocycles. The zero-order chi connectivity index (χ0) is 23.5. The number of hydrogen-bond acceptors (Lipinski definition) is 2. The number of amides is 1. The number of nitrogens with zero attached hydrogens (tertiary/aromatic N) is 1. The second-order valence-electron chi connectivity index (χ2n) is 10.5. The van der Waals surface area contributed by atoms with Crippen LogP contribution in [0.2, 0.25) is 0 Å². The molecule has 0 spiro atoms. The summed E-state index contributed by atoms with van der Waals surface area (Å²) in [5.41, 5.74) is 6.52. The van der Waals surface area contributed by atoms with Crippen molar-refractivity contribution in [2.24, 2.45) is 0 Å². The van der Waals surface area contributed by atoms with Gasteiger partial charge in [0.25, 0.3) is 5.91 Å². The molecule has 4 aliphatic rings. The molecule has 0 aromatic heterocycles. The molecule has 1 saturated carbocycles. The summed E-state index contributed by atoms with van der Waals surface area (Å²) >= 11 is 0. The molecule has 7 rings (SSSR count). The summed E-state index contributed by atoms with van der Waals surface area (Å²) in [6.07, 6.45) is 11.0. The summed E-state index contributed by atoms with van der Waals surface area (Å²) in [6.45, 7) is 1.88. The highest BCUT2D eigenvalue weighted by Crippen LogP contribution is 2.41. The smallest absolute Gasteiger partial charge is 0.268 e. The molecule has 0 N–H and O–H groups in total. The van der Waals surface area contributed by atoms with Crippen molar-refractivity contribution in [3.8, 4) is 5.75 Å². The maximum Gasteiger partial charge on any atom is 0.268 e. The van der Waals surface area contributed by atoms with Crippen LogP contribution in [0.5, 0.6) is 5.75 Å². The lowest BCUT2D eigenvalue weighted by atomic mass is 9.84. The Balaban J connectivity index is 1.45. The second kappa shape index (κ2) is 8.12. The number of hydrogen-bond donors (Lipinski definition) is 0. The number of fused-ring (bicyclic) bond motifs is 5. The van der Waals surface area contributed by atoms with Gasteiger partial charge in [0.2, 0.25) is 0 Å². The van der Waals surface area contributed by atoms with E-state index in [0.29, 0.717) is 0 Å². The molecular formula is C32H31NO2. The van der Waals surface area contributed by atoms with Gasteiger partial charge in [0.05, 0.1) is 5.69 Å². The Kier molecular flexibility index (Phi) is 4.87. The first-order valence-electron chi connectivity index (χ1n) is 13.3. The van der Waals surface area contributed by atoms with Crippen LogP contribution >= 0.6 is 0 Å². The minimum Gasteiger partial charge on any atom is -0.479 e. The van der Waals surface area contributed by atoms with Crippen LogP contribution in [-0.2, 0) is 17.6 Å². The molecule has 1 amide bonds. The van der Waals surface area contributed by atoms with Gasteiger partial charge in [0.1, 0.15) is 5.75 Å². The highest BCUT2D eigenvalue weighted by molar-refractivity contribution is 6.01. The van der Waals surface area contributed by atoms with Crippen LogP contribution in [-0.4, -0.2) is 18.1 Å². The van der Waals surface area contributed by atoms with Gasteiger partial charge in [-0.1, -0.05) is 61.4 Å². The van der Waals surface area contributed by atoms with Crippen LogP contribution in [0.15, 0.2) is 54.6 Å². The summed E-state index contributed by atoms with van der Waals surface area (Å²) in [7, 11) is 0. The van der Waals surface area contributed by atoms with Crippen molar-refractivity contribution < 1.29 is 9.53 Å². The monoisotopic (exact) mass is 461 g/mol. The zero-order valence-corrected chi connectivity index (χ0v) is 20.3. The molecule has 176 valence electrons. The van der Waals surface area contributed by atoms with E-state index in [1.807, 2.05) is 6.92 Å². The zero-order valence-electron chi connectivity index (χ0n) is 20.3. The Labute approximate surface area is 206 Å². The van der Waals surface area contributed by atoms with E-state index in [9.17, 15) is 4.79 Å². The molecule has 3 aromatic rings. The second-order valence-corrected chi connectivity index (χ2v) is 10.5. The van der Waals surface area contributed by atoms with Gasteiger partial charge in [-0.3, -0.25) is 4.79 Å². The molecule has 1 fully saturated rings. The molecule has 1 aliphatic heterocycles. The molecule has 1 heterocycles. The number of carbonyl (C=O) groups is 1. The van der Waals surface area contributed by atoms with E-state index in [1.165, 1.54) is 68.8 Å². The van der Waals surface area contributed by atoms with Crippen LogP contribution in [0.4, 0.5) is 5.69 Å². The Morgan fingerprint density at radius 3 is 2.57 bits per heavy atom. The summed E-state index contributed by atoms with van der Waals surface area (Å²) in [4.78, 5) is 15.3. The average molecular weight is 462 g/mol. The lowest BCUT2D eigenvalue weighted by Gasteiger charge is -2.37. The van der Waals surface area contributed by atoms with Gasteiger partial charge in [-0.25, -0.2) is 0 Å². The van der Waals surface area contributed by atoms with Crippen LogP contribution in [0.3, 0.4) is 0 Å². The number of benzene rings is 3. The van der Waals surface area contributed by atoms with E-state index in [2.05, 4.69) is 65.6 Å². The molecule has 3 heteroatoms. The Bertz CT molecular complexity index is 1580. The van der Waals surface area contributed by atoms with Gasteiger partial charge in [0.15, 0.2) is 6.10 Å². The molecule has 3 nitrogen and oxygen atoms in total. The molecule has 35 heavy (non-hydrogen) atoms. The predicted octanol–water partition coefficient (Wildman–Crippen LogP) is 4.90. The lowest BCUT2D eigenvalue weighted by Crippen LogP contribution is -2.49. The van der Waals surface area contributed by atoms with Gasteiger partial charge in [-0.05, 0) is 101 Å². The number of ether oxygens (including phenoxy) is 1. The number of rotatable bonds is 2. The van der Waals surface area contributed by atoms with Gasteiger partial charge in [0, 0.05) is 6.04 Å². The van der Waals surface area contributed by atoms with Crippen molar-refractivity contribution in [2.75, 3.05) is 4.90 Å². The minimum atomic E-state index is -0.424. The SMILES string of the molecule is CC1Oc2ccc(C3=c4ccccc4=c4ccc5c(c4C3)CCCC=5)cc2N(C2CCCC2)C1=O. The lowest BCUT2D eigenvalue weighted by molar-refractivity contribution is -0.126. The maximum atomic E-state index is 13.3. The van der Waals surface area contributed by atoms with E-state index in [1.54, 1.807) is 0 Å². The molecule has 1 unspecified atom stereocenters. The van der Waals surface area contributed by atoms with E-state index in [0.717, 1.165) is 37.1 Å². The highest BCUT2D eigenvalue weighted by Gasteiger charge is 2.37. The van der Waals surface area contributed by atoms with Gasteiger partial charge in [-0.15, -0.1) is 0 Å². The molecule has 1 atom stereocenters. The average Bonchev–Trinajstić information content (AvgIpc) is 3.43. The number of carbonyl (C=O) groups excluding carboxylic acids is 1. The van der Waals surface area contributed by atoms with Crippen molar-refractivity contribution in [2.45, 2.75) is 70.4 Å². The fourth-order valence-corrected chi connectivity index (χ4v) is 6.79. The largest absolute Gasteiger partial charge is 0.479 e. The topological polar surface area (TPSA) is 29.5 Å². The molecule has 0 bridgehead atoms. The summed E-state index contributed by atoms with van der Waals surface area (Å²) < 4.78 is 6.07. The van der Waals surface area contributed by atoms with E-state index >= 15 is 0 Å². The first kappa shape index (κ1) is 21.0. The van der Waals surface area contributed by atoms with Crippen molar-refractivity contribution in [3.63, 3.8) is 0 Å². The van der Waals surface area contributed by atoms with Crippen LogP contribution < -0.4 is 20.1 Å². The van der Waals surface area contributed by atoms with Gasteiger partial charge >= 0.3 is 0 Å². The summed E-state index contributed by atoms with van der Waals surface area (Å²) in [5.74, 6) is 0.940. The normalized spacial score (nSPS) is 20.9. The highest BCUT2D eigenvalue weighted by atomic mass is 16.5. The Morgan fingerprint density at radius 1 is 0.886 bits per heavy atom. The van der Waals surface area contributed by atoms with E-state index in [4.69, 9.17) is 4.74 Å². The van der Waals surface area contributed by atoms with Crippen LogP contribution in [0, 0.1) is 10.4 Å². The summed E-state index contributed by atoms with van der Waals surface area (Å²) in [5, 5.41) is 5.43. The van der Waals surface area contributed by atoms with Crippen LogP contribution in [0.25, 0.3) is 11.6 Å². The molecule has 0 radical (unpaired) electrons.